The summed E-state index contributed by atoms with van der Waals surface area (Å²) in [5.74, 6) is 0.248. The van der Waals surface area contributed by atoms with E-state index in [1.165, 1.54) is 0 Å². The monoisotopic (exact) mass is 365 g/mol. The van der Waals surface area contributed by atoms with E-state index in [1.54, 1.807) is 37.4 Å². The number of benzene rings is 2. The first kappa shape index (κ1) is 18.5. The molecular weight excluding hydrogens is 342 g/mol. The summed E-state index contributed by atoms with van der Waals surface area (Å²) >= 11 is 0. The zero-order chi connectivity index (χ0) is 19.4. The quantitative estimate of drug-likeness (QED) is 0.691. The van der Waals surface area contributed by atoms with Crippen molar-refractivity contribution in [1.29, 1.82) is 5.41 Å². The van der Waals surface area contributed by atoms with Gasteiger partial charge in [-0.1, -0.05) is 6.07 Å². The van der Waals surface area contributed by atoms with E-state index in [0.717, 1.165) is 24.2 Å². The van der Waals surface area contributed by atoms with E-state index in [1.807, 2.05) is 18.2 Å². The molecule has 140 valence electrons. The zero-order valence-corrected chi connectivity index (χ0v) is 15.7. The molecular formula is C21H23N3O3. The molecule has 0 fully saturated rings. The molecule has 3 rings (SSSR count). The average Bonchev–Trinajstić information content (AvgIpc) is 2.68. The van der Waals surface area contributed by atoms with Gasteiger partial charge in [0.15, 0.2) is 0 Å². The van der Waals surface area contributed by atoms with Gasteiger partial charge in [0.2, 0.25) is 5.55 Å². The molecule has 1 heterocycles. The normalized spacial score (nSPS) is 10.6. The van der Waals surface area contributed by atoms with Crippen LogP contribution in [-0.4, -0.2) is 26.1 Å². The van der Waals surface area contributed by atoms with Crippen molar-refractivity contribution in [3.8, 4) is 5.75 Å². The van der Waals surface area contributed by atoms with Crippen LogP contribution in [0, 0.1) is 5.41 Å². The van der Waals surface area contributed by atoms with Gasteiger partial charge >= 0.3 is 0 Å². The van der Waals surface area contributed by atoms with E-state index >= 15 is 0 Å². The molecule has 0 saturated heterocycles. The van der Waals surface area contributed by atoms with Gasteiger partial charge in [0.25, 0.3) is 5.91 Å². The Balaban J connectivity index is 1.92. The molecule has 0 saturated carbocycles. The molecule has 0 unspecified atom stereocenters. The van der Waals surface area contributed by atoms with Crippen LogP contribution in [0.1, 0.15) is 24.2 Å². The molecule has 0 aliphatic carbocycles. The van der Waals surface area contributed by atoms with E-state index < -0.39 is 5.91 Å². The Hall–Kier alpha value is -3.28. The average molecular weight is 365 g/mol. The third kappa shape index (κ3) is 3.95. The summed E-state index contributed by atoms with van der Waals surface area (Å²) in [5, 5.41) is 11.7. The van der Waals surface area contributed by atoms with Crippen LogP contribution in [-0.2, 0) is 0 Å². The first-order valence-corrected chi connectivity index (χ1v) is 8.88. The SMILES string of the molecule is CCN(CC)c1ccc2cc(C(=O)Nc3cccc(OC)c3)c(=N)oc2c1. The zero-order valence-electron chi connectivity index (χ0n) is 15.7. The smallest absolute Gasteiger partial charge is 0.261 e. The maximum Gasteiger partial charge on any atom is 0.261 e. The minimum absolute atomic E-state index is 0.167. The number of methoxy groups -OCH3 is 1. The molecule has 6 heteroatoms. The Kier molecular flexibility index (Phi) is 5.45. The maximum atomic E-state index is 12.6. The summed E-state index contributed by atoms with van der Waals surface area (Å²) < 4.78 is 10.8. The lowest BCUT2D eigenvalue weighted by atomic mass is 10.1. The largest absolute Gasteiger partial charge is 0.497 e. The number of carbonyl (C=O) groups excluding carboxylic acids is 1. The highest BCUT2D eigenvalue weighted by atomic mass is 16.5. The fourth-order valence-corrected chi connectivity index (χ4v) is 2.97. The van der Waals surface area contributed by atoms with Gasteiger partial charge in [0.05, 0.1) is 7.11 Å². The molecule has 27 heavy (non-hydrogen) atoms. The molecule has 0 radical (unpaired) electrons. The number of amides is 1. The highest BCUT2D eigenvalue weighted by Crippen LogP contribution is 2.22. The number of nitrogens with zero attached hydrogens (tertiary/aromatic N) is 1. The molecule has 0 bridgehead atoms. The third-order valence-corrected chi connectivity index (χ3v) is 4.45. The van der Waals surface area contributed by atoms with Crippen molar-refractivity contribution in [2.45, 2.75) is 13.8 Å². The molecule has 0 atom stereocenters. The van der Waals surface area contributed by atoms with Crippen LogP contribution in [0.2, 0.25) is 0 Å². The van der Waals surface area contributed by atoms with E-state index in [-0.39, 0.29) is 11.1 Å². The van der Waals surface area contributed by atoms with Gasteiger partial charge in [-0.3, -0.25) is 10.2 Å². The van der Waals surface area contributed by atoms with E-state index in [4.69, 9.17) is 14.6 Å². The van der Waals surface area contributed by atoms with Crippen LogP contribution >= 0.6 is 0 Å². The summed E-state index contributed by atoms with van der Waals surface area (Å²) in [6.07, 6.45) is 0. The minimum atomic E-state index is -0.397. The highest BCUT2D eigenvalue weighted by Gasteiger charge is 2.13. The first-order chi connectivity index (χ1) is 13.0. The lowest BCUT2D eigenvalue weighted by Gasteiger charge is -2.21. The van der Waals surface area contributed by atoms with Crippen molar-refractivity contribution in [3.05, 3.63) is 59.6 Å². The first-order valence-electron chi connectivity index (χ1n) is 8.88. The predicted molar refractivity (Wildman–Crippen MR) is 107 cm³/mol. The van der Waals surface area contributed by atoms with Gasteiger partial charge in [0.1, 0.15) is 16.9 Å². The molecule has 2 aromatic carbocycles. The van der Waals surface area contributed by atoms with Crippen LogP contribution in [0.15, 0.2) is 52.9 Å². The van der Waals surface area contributed by atoms with E-state index in [9.17, 15) is 4.79 Å². The summed E-state index contributed by atoms with van der Waals surface area (Å²) in [7, 11) is 1.57. The van der Waals surface area contributed by atoms with Crippen LogP contribution in [0.3, 0.4) is 0 Å². The fourth-order valence-electron chi connectivity index (χ4n) is 2.97. The van der Waals surface area contributed by atoms with Gasteiger partial charge in [-0.25, -0.2) is 0 Å². The van der Waals surface area contributed by atoms with Crippen molar-refractivity contribution in [3.63, 3.8) is 0 Å². The van der Waals surface area contributed by atoms with Crippen LogP contribution < -0.4 is 20.5 Å². The van der Waals surface area contributed by atoms with Crippen molar-refractivity contribution < 1.29 is 13.9 Å². The number of anilines is 2. The molecule has 2 N–H and O–H groups in total. The van der Waals surface area contributed by atoms with Crippen LogP contribution in [0.4, 0.5) is 11.4 Å². The second-order valence-corrected chi connectivity index (χ2v) is 6.07. The minimum Gasteiger partial charge on any atom is -0.497 e. The number of fused-ring (bicyclic) bond motifs is 1. The Labute approximate surface area is 157 Å². The number of hydrogen-bond acceptors (Lipinski definition) is 5. The Morgan fingerprint density at radius 1 is 1.15 bits per heavy atom. The number of carbonyl (C=O) groups is 1. The summed E-state index contributed by atoms with van der Waals surface area (Å²) in [4.78, 5) is 14.8. The topological polar surface area (TPSA) is 78.6 Å². The Morgan fingerprint density at radius 3 is 2.63 bits per heavy atom. The Morgan fingerprint density at radius 2 is 1.93 bits per heavy atom. The van der Waals surface area contributed by atoms with Crippen molar-refractivity contribution >= 4 is 28.3 Å². The van der Waals surface area contributed by atoms with Gasteiger partial charge in [-0.15, -0.1) is 0 Å². The summed E-state index contributed by atoms with van der Waals surface area (Å²) in [6, 6.07) is 14.6. The maximum absolute atomic E-state index is 12.6. The standard InChI is InChI=1S/C21H23N3O3/c1-4-24(5-2)16-10-9-14-11-18(20(22)27-19(14)13-16)21(25)23-15-7-6-8-17(12-15)26-3/h6-13,22H,4-5H2,1-3H3,(H,23,25). The second kappa shape index (κ2) is 7.95. The van der Waals surface area contributed by atoms with Gasteiger partial charge in [-0.2, -0.15) is 0 Å². The molecule has 0 spiro atoms. The summed E-state index contributed by atoms with van der Waals surface area (Å²) in [6.45, 7) is 5.95. The van der Waals surface area contributed by atoms with Crippen LogP contribution in [0.25, 0.3) is 11.0 Å². The van der Waals surface area contributed by atoms with Gasteiger partial charge < -0.3 is 19.4 Å². The second-order valence-electron chi connectivity index (χ2n) is 6.07. The fraction of sp³-hybridized carbons (Fsp3) is 0.238. The van der Waals surface area contributed by atoms with Gasteiger partial charge in [-0.05, 0) is 44.2 Å². The van der Waals surface area contributed by atoms with E-state index in [0.29, 0.717) is 17.0 Å². The molecule has 1 amide bonds. The number of nitrogens with one attached hydrogen (secondary N) is 2. The van der Waals surface area contributed by atoms with Crippen molar-refractivity contribution in [2.24, 2.45) is 0 Å². The lowest BCUT2D eigenvalue weighted by molar-refractivity contribution is 0.102. The number of ether oxygens (including phenoxy) is 1. The molecule has 0 aliphatic rings. The number of rotatable bonds is 6. The Bertz CT molecular complexity index is 1020. The molecule has 1 aromatic heterocycles. The molecule has 6 nitrogen and oxygen atoms in total. The van der Waals surface area contributed by atoms with Crippen LogP contribution in [0.5, 0.6) is 5.75 Å². The van der Waals surface area contributed by atoms with Gasteiger partial charge in [0, 0.05) is 42.0 Å². The van der Waals surface area contributed by atoms with Crippen molar-refractivity contribution in [1.82, 2.24) is 0 Å². The molecule has 0 aliphatic heterocycles. The highest BCUT2D eigenvalue weighted by molar-refractivity contribution is 6.05. The predicted octanol–water partition coefficient (Wildman–Crippen LogP) is 4.02. The van der Waals surface area contributed by atoms with E-state index in [2.05, 4.69) is 24.1 Å². The number of hydrogen-bond donors (Lipinski definition) is 2. The summed E-state index contributed by atoms with van der Waals surface area (Å²) in [5.41, 5.74) is 2.22. The van der Waals surface area contributed by atoms with Crippen molar-refractivity contribution in [2.75, 3.05) is 30.4 Å². The lowest BCUT2D eigenvalue weighted by Crippen LogP contribution is -2.22. The molecule has 3 aromatic rings. The third-order valence-electron chi connectivity index (χ3n) is 4.45.